The fourth-order valence-electron chi connectivity index (χ4n) is 9.64. The third-order valence-electron chi connectivity index (χ3n) is 12.3. The lowest BCUT2D eigenvalue weighted by Crippen LogP contribution is -2.59. The molecule has 0 saturated carbocycles. The maximum Gasteiger partial charge on any atom is 0.299 e. The van der Waals surface area contributed by atoms with Crippen molar-refractivity contribution < 1.29 is 66.7 Å². The van der Waals surface area contributed by atoms with Crippen LogP contribution in [0.4, 0.5) is 0 Å². The number of aliphatic hydroxyl groups excluding tert-OH is 1. The van der Waals surface area contributed by atoms with Crippen molar-refractivity contribution in [1.29, 1.82) is 0 Å². The average molecular weight is 743 g/mol. The van der Waals surface area contributed by atoms with E-state index in [-0.39, 0.29) is 73.9 Å². The molecule has 3 aromatic carbocycles. The van der Waals surface area contributed by atoms with Crippen LogP contribution in [0.3, 0.4) is 0 Å². The first-order chi connectivity index (χ1) is 26.5. The first-order valence-electron chi connectivity index (χ1n) is 18.3. The molecule has 1 aliphatic carbocycles. The van der Waals surface area contributed by atoms with Gasteiger partial charge in [0.15, 0.2) is 52.8 Å². The van der Waals surface area contributed by atoms with Crippen LogP contribution in [0.1, 0.15) is 35.0 Å². The lowest BCUT2D eigenvalue weighted by Gasteiger charge is -2.41. The summed E-state index contributed by atoms with van der Waals surface area (Å²) >= 11 is 0. The second-order valence-corrected chi connectivity index (χ2v) is 14.9. The molecule has 11 atom stereocenters. The second-order valence-electron chi connectivity index (χ2n) is 14.9. The van der Waals surface area contributed by atoms with Gasteiger partial charge in [-0.15, -0.1) is 0 Å². The molecule has 7 aliphatic heterocycles. The maximum atomic E-state index is 13.7. The Hall–Kier alpha value is -4.57. The second kappa shape index (κ2) is 12.5. The van der Waals surface area contributed by atoms with E-state index in [1.54, 1.807) is 13.2 Å². The Morgan fingerprint density at radius 3 is 1.83 bits per heavy atom. The fourth-order valence-corrected chi connectivity index (χ4v) is 9.64. The van der Waals surface area contributed by atoms with E-state index in [1.165, 1.54) is 6.08 Å². The molecule has 14 heteroatoms. The molecule has 7 heterocycles. The number of carbonyl (C=O) groups excluding carboxylic acids is 1. The molecule has 8 aliphatic rings. The number of ether oxygens (including phenoxy) is 12. The Morgan fingerprint density at radius 1 is 0.630 bits per heavy atom. The molecule has 0 amide bonds. The van der Waals surface area contributed by atoms with Gasteiger partial charge in [-0.1, -0.05) is 18.2 Å². The minimum absolute atomic E-state index is 0.0408. The lowest BCUT2D eigenvalue weighted by molar-refractivity contribution is -0.220. The van der Waals surface area contributed by atoms with Crippen LogP contribution in [0.25, 0.3) is 0 Å². The predicted molar refractivity (Wildman–Crippen MR) is 181 cm³/mol. The molecule has 0 spiro atoms. The highest BCUT2D eigenvalue weighted by Gasteiger charge is 2.63. The Labute approximate surface area is 309 Å². The molecule has 1 N–H and O–H groups in total. The smallest absolute Gasteiger partial charge is 0.299 e. The summed E-state index contributed by atoms with van der Waals surface area (Å²) in [5, 5.41) is 12.1. The molecule has 3 aromatic rings. The van der Waals surface area contributed by atoms with Crippen LogP contribution in [0, 0.1) is 29.6 Å². The molecule has 54 heavy (non-hydrogen) atoms. The van der Waals surface area contributed by atoms with Crippen LogP contribution in [-0.4, -0.2) is 82.8 Å². The summed E-state index contributed by atoms with van der Waals surface area (Å²) in [6.45, 7) is 1.97. The highest BCUT2D eigenvalue weighted by atomic mass is 16.8. The zero-order valence-electron chi connectivity index (χ0n) is 29.3. The summed E-state index contributed by atoms with van der Waals surface area (Å²) in [6.07, 6.45) is -1.38. The Balaban J connectivity index is 0.827. The van der Waals surface area contributed by atoms with Gasteiger partial charge in [0.2, 0.25) is 13.6 Å². The van der Waals surface area contributed by atoms with Crippen LogP contribution in [0.2, 0.25) is 0 Å². The van der Waals surface area contributed by atoms with Gasteiger partial charge in [0, 0.05) is 29.7 Å². The van der Waals surface area contributed by atoms with E-state index in [0.29, 0.717) is 49.4 Å². The molecular weight excluding hydrogens is 704 g/mol. The molecular formula is C40H38O14. The molecule has 11 rings (SSSR count). The number of hydrogen-bond donors (Lipinski definition) is 1. The number of methoxy groups -OCH3 is 1. The van der Waals surface area contributed by atoms with Crippen LogP contribution < -0.4 is 28.4 Å². The summed E-state index contributed by atoms with van der Waals surface area (Å²) in [7, 11) is 1.55. The van der Waals surface area contributed by atoms with Crippen molar-refractivity contribution in [1.82, 2.24) is 0 Å². The summed E-state index contributed by atoms with van der Waals surface area (Å²) in [6, 6.07) is 17.3. The Bertz CT molecular complexity index is 2030. The molecule has 0 bridgehead atoms. The van der Waals surface area contributed by atoms with E-state index < -0.39 is 23.9 Å². The van der Waals surface area contributed by atoms with Crippen molar-refractivity contribution in [3.05, 3.63) is 83.1 Å². The van der Waals surface area contributed by atoms with Crippen LogP contribution in [0.15, 0.2) is 66.4 Å². The summed E-state index contributed by atoms with van der Waals surface area (Å²) in [5.74, 6) is 0.552. The molecule has 5 saturated heterocycles. The number of fused-ring (bicyclic) bond motifs is 5. The van der Waals surface area contributed by atoms with E-state index >= 15 is 0 Å². The van der Waals surface area contributed by atoms with E-state index in [0.717, 1.165) is 28.2 Å². The van der Waals surface area contributed by atoms with Crippen LogP contribution in [0.5, 0.6) is 34.5 Å². The number of benzene rings is 3. The third kappa shape index (κ3) is 4.90. The summed E-state index contributed by atoms with van der Waals surface area (Å²) < 4.78 is 71.7. The zero-order chi connectivity index (χ0) is 36.1. The highest BCUT2D eigenvalue weighted by Crippen LogP contribution is 2.54. The minimum atomic E-state index is -1.81. The Morgan fingerprint density at radius 2 is 1.19 bits per heavy atom. The van der Waals surface area contributed by atoms with Gasteiger partial charge in [0.1, 0.15) is 6.10 Å². The van der Waals surface area contributed by atoms with E-state index in [2.05, 4.69) is 0 Å². The number of aliphatic hydroxyl groups is 1. The quantitative estimate of drug-likeness (QED) is 0.370. The maximum absolute atomic E-state index is 13.7. The molecule has 1 unspecified atom stereocenters. The van der Waals surface area contributed by atoms with Crippen molar-refractivity contribution in [3.8, 4) is 34.5 Å². The zero-order valence-corrected chi connectivity index (χ0v) is 29.3. The van der Waals surface area contributed by atoms with Crippen molar-refractivity contribution in [3.63, 3.8) is 0 Å². The molecule has 0 radical (unpaired) electrons. The number of hydrogen-bond acceptors (Lipinski definition) is 14. The largest absolute Gasteiger partial charge is 0.493 e. The van der Waals surface area contributed by atoms with Crippen LogP contribution >= 0.6 is 0 Å². The average Bonchev–Trinajstić information content (AvgIpc) is 4.04. The monoisotopic (exact) mass is 742 g/mol. The summed E-state index contributed by atoms with van der Waals surface area (Å²) in [4.78, 5) is 13.7. The standard InChI is InChI=1S/C40H38O14/c1-43-30-8-19(35-22-12-45-36(23(22)13-44-35)20-2-5-27-31(9-20)50-16-48-27)4-7-29(30)54-40-33(52-18-53-40)11-26(41)34(39(40)42)38-25-15-46-37(24(25)14-47-38)21-3-6-28-32(10-21)51-17-49-28/h2-11,22-25,34-39,42H,12-18H2,1H3/t22-,23-,24-,25-,34+,35-,36+,37+,38-,39+,40?/m1/s1. The number of rotatable bonds is 7. The SMILES string of the molecule is COc1cc([C@H]2OC[C@@H]3[C@H]2CO[C@H]3c2ccc3c(c2)OCO3)ccc1OC12OCOC1=CC(=O)[C@@H]([C@@H]1OC[C@@H]3[C@H]1CO[C@H]3c1ccc3c(c1)OCO3)[C@@H]2O. The number of ketones is 1. The molecule has 0 aromatic heterocycles. The highest BCUT2D eigenvalue weighted by molar-refractivity contribution is 5.95. The van der Waals surface area contributed by atoms with Crippen molar-refractivity contribution in [2.45, 2.75) is 36.3 Å². The first-order valence-corrected chi connectivity index (χ1v) is 18.3. The van der Waals surface area contributed by atoms with E-state index in [9.17, 15) is 9.90 Å². The van der Waals surface area contributed by atoms with Crippen molar-refractivity contribution >= 4 is 5.78 Å². The first kappa shape index (κ1) is 32.8. The molecule has 5 fully saturated rings. The van der Waals surface area contributed by atoms with E-state index in [1.807, 2.05) is 48.5 Å². The van der Waals surface area contributed by atoms with Gasteiger partial charge in [-0.05, 0) is 53.1 Å². The van der Waals surface area contributed by atoms with Crippen molar-refractivity contribution in [2.24, 2.45) is 29.6 Å². The van der Waals surface area contributed by atoms with Gasteiger partial charge in [-0.2, -0.15) is 0 Å². The minimum Gasteiger partial charge on any atom is -0.493 e. The summed E-state index contributed by atoms with van der Waals surface area (Å²) in [5.41, 5.74) is 2.88. The number of carbonyl (C=O) groups is 1. The van der Waals surface area contributed by atoms with E-state index in [4.69, 9.17) is 56.8 Å². The third-order valence-corrected chi connectivity index (χ3v) is 12.3. The van der Waals surface area contributed by atoms with Gasteiger partial charge in [0.05, 0.1) is 63.9 Å². The topological polar surface area (TPSA) is 148 Å². The van der Waals surface area contributed by atoms with Gasteiger partial charge in [-0.3, -0.25) is 9.53 Å². The fraction of sp³-hybridized carbons (Fsp3) is 0.475. The van der Waals surface area contributed by atoms with Gasteiger partial charge in [0.25, 0.3) is 5.79 Å². The van der Waals surface area contributed by atoms with Gasteiger partial charge in [-0.25, -0.2) is 0 Å². The predicted octanol–water partition coefficient (Wildman–Crippen LogP) is 4.15. The molecule has 14 nitrogen and oxygen atoms in total. The van der Waals surface area contributed by atoms with Crippen molar-refractivity contribution in [2.75, 3.05) is 53.9 Å². The van der Waals surface area contributed by atoms with Crippen LogP contribution in [-0.2, 0) is 33.2 Å². The number of allylic oxidation sites excluding steroid dienone is 1. The molecule has 282 valence electrons. The Kier molecular flexibility index (Phi) is 7.59. The normalized spacial score (nSPS) is 36.8. The van der Waals surface area contributed by atoms with Gasteiger partial charge < -0.3 is 57.2 Å². The van der Waals surface area contributed by atoms with Gasteiger partial charge >= 0.3 is 0 Å². The lowest BCUT2D eigenvalue weighted by atomic mass is 9.75.